The Morgan fingerprint density at radius 3 is 2.15 bits per heavy atom. The fourth-order valence-electron chi connectivity index (χ4n) is 1.89. The van der Waals surface area contributed by atoms with Crippen LogP contribution in [0, 0.1) is 13.8 Å². The van der Waals surface area contributed by atoms with E-state index in [-0.39, 0.29) is 5.57 Å². The Morgan fingerprint density at radius 1 is 1.05 bits per heavy atom. The summed E-state index contributed by atoms with van der Waals surface area (Å²) in [5.74, 6) is -2.59. The normalized spacial score (nSPS) is 17.6. The molecule has 106 valence electrons. The Labute approximate surface area is 122 Å². The second-order valence-electron chi connectivity index (χ2n) is 5.19. The van der Waals surface area contributed by atoms with Crippen molar-refractivity contribution in [2.45, 2.75) is 33.5 Å². The minimum atomic E-state index is -1.23. The molecule has 1 aliphatic heterocycles. The Morgan fingerprint density at radius 2 is 1.60 bits per heavy atom. The summed E-state index contributed by atoms with van der Waals surface area (Å²) in [5.41, 5.74) is 2.34. The zero-order valence-corrected chi connectivity index (χ0v) is 12.5. The highest BCUT2D eigenvalue weighted by Gasteiger charge is 2.38. The molecule has 1 heterocycles. The Bertz CT molecular complexity index is 607. The molecule has 0 aromatic heterocycles. The van der Waals surface area contributed by atoms with Gasteiger partial charge >= 0.3 is 11.9 Å². The molecule has 5 heteroatoms. The predicted molar refractivity (Wildman–Crippen MR) is 75.2 cm³/mol. The maximum atomic E-state index is 11.9. The molecule has 0 atom stereocenters. The lowest BCUT2D eigenvalue weighted by atomic mass is 10.0. The fourth-order valence-corrected chi connectivity index (χ4v) is 2.11. The first-order valence-electron chi connectivity index (χ1n) is 6.15. The number of hydrogen-bond donors (Lipinski definition) is 0. The second kappa shape index (κ2) is 4.94. The van der Waals surface area contributed by atoms with Crippen LogP contribution in [-0.2, 0) is 19.1 Å². The number of aryl methyl sites for hydroxylation is 2. The van der Waals surface area contributed by atoms with Crippen molar-refractivity contribution in [2.24, 2.45) is 0 Å². The van der Waals surface area contributed by atoms with Gasteiger partial charge in [0, 0.05) is 18.9 Å². The number of rotatable bonds is 1. The molecule has 1 aliphatic rings. The van der Waals surface area contributed by atoms with Crippen molar-refractivity contribution in [1.29, 1.82) is 0 Å². The Hall–Kier alpha value is -1.81. The highest BCUT2D eigenvalue weighted by molar-refractivity contribution is 6.31. The van der Waals surface area contributed by atoms with Gasteiger partial charge in [0.05, 0.1) is 0 Å². The molecule has 0 saturated carbocycles. The predicted octanol–water partition coefficient (Wildman–Crippen LogP) is 3.18. The smallest absolute Gasteiger partial charge is 0.348 e. The van der Waals surface area contributed by atoms with E-state index in [0.717, 1.165) is 16.7 Å². The first-order valence-corrected chi connectivity index (χ1v) is 6.52. The zero-order valence-electron chi connectivity index (χ0n) is 11.7. The van der Waals surface area contributed by atoms with Gasteiger partial charge in [-0.1, -0.05) is 17.7 Å². The van der Waals surface area contributed by atoms with E-state index in [0.29, 0.717) is 5.02 Å². The lowest BCUT2D eigenvalue weighted by molar-refractivity contribution is -0.222. The van der Waals surface area contributed by atoms with E-state index in [1.54, 1.807) is 6.07 Å². The number of esters is 2. The summed E-state index contributed by atoms with van der Waals surface area (Å²) < 4.78 is 10.1. The lowest BCUT2D eigenvalue weighted by Crippen LogP contribution is -2.41. The molecule has 0 aliphatic carbocycles. The van der Waals surface area contributed by atoms with E-state index in [1.165, 1.54) is 19.9 Å². The van der Waals surface area contributed by atoms with E-state index in [2.05, 4.69) is 0 Å². The van der Waals surface area contributed by atoms with Crippen LogP contribution in [0.4, 0.5) is 0 Å². The van der Waals surface area contributed by atoms with Crippen molar-refractivity contribution in [2.75, 3.05) is 0 Å². The van der Waals surface area contributed by atoms with Crippen molar-refractivity contribution in [3.8, 4) is 0 Å². The molecule has 0 N–H and O–H groups in total. The van der Waals surface area contributed by atoms with Crippen LogP contribution in [0.15, 0.2) is 17.7 Å². The maximum Gasteiger partial charge on any atom is 0.348 e. The molecule has 1 aromatic carbocycles. The van der Waals surface area contributed by atoms with Crippen LogP contribution in [0.1, 0.15) is 30.5 Å². The molecule has 0 unspecified atom stereocenters. The molecule has 0 bridgehead atoms. The Kier molecular flexibility index (Phi) is 3.61. The van der Waals surface area contributed by atoms with Gasteiger partial charge in [0.2, 0.25) is 0 Å². The average Bonchev–Trinajstić information content (AvgIpc) is 2.28. The summed E-state index contributed by atoms with van der Waals surface area (Å²) in [4.78, 5) is 23.7. The van der Waals surface area contributed by atoms with Crippen LogP contribution in [0.2, 0.25) is 5.02 Å². The molecule has 1 saturated heterocycles. The van der Waals surface area contributed by atoms with Crippen molar-refractivity contribution in [3.63, 3.8) is 0 Å². The zero-order chi connectivity index (χ0) is 15.1. The van der Waals surface area contributed by atoms with Gasteiger partial charge in [0.1, 0.15) is 5.57 Å². The second-order valence-corrected chi connectivity index (χ2v) is 5.60. The summed E-state index contributed by atoms with van der Waals surface area (Å²) in [7, 11) is 0. The van der Waals surface area contributed by atoms with Crippen LogP contribution >= 0.6 is 11.6 Å². The van der Waals surface area contributed by atoms with Gasteiger partial charge in [-0.25, -0.2) is 9.59 Å². The van der Waals surface area contributed by atoms with Crippen LogP contribution in [0.5, 0.6) is 0 Å². The number of carbonyl (C=O) groups excluding carboxylic acids is 2. The summed E-state index contributed by atoms with van der Waals surface area (Å²) >= 11 is 6.02. The molecule has 4 nitrogen and oxygen atoms in total. The number of carbonyl (C=O) groups is 2. The first-order chi connectivity index (χ1) is 9.19. The molecule has 0 amide bonds. The standard InChI is InChI=1S/C15H15ClO4/c1-8-6-12(16)9(2)5-10(8)7-11-13(17)19-15(3,4)20-14(11)18/h5-7H,1-4H3. The molecule has 2 rings (SSSR count). The van der Waals surface area contributed by atoms with E-state index >= 15 is 0 Å². The average molecular weight is 295 g/mol. The number of ether oxygens (including phenoxy) is 2. The maximum absolute atomic E-state index is 11.9. The number of benzene rings is 1. The van der Waals surface area contributed by atoms with Crippen LogP contribution in [0.25, 0.3) is 6.08 Å². The third kappa shape index (κ3) is 2.85. The van der Waals surface area contributed by atoms with Crippen molar-refractivity contribution < 1.29 is 19.1 Å². The Balaban J connectivity index is 2.43. The van der Waals surface area contributed by atoms with Gasteiger partial charge < -0.3 is 9.47 Å². The highest BCUT2D eigenvalue weighted by Crippen LogP contribution is 2.27. The topological polar surface area (TPSA) is 52.6 Å². The summed E-state index contributed by atoms with van der Waals surface area (Å²) in [6.07, 6.45) is 1.47. The van der Waals surface area contributed by atoms with E-state index in [4.69, 9.17) is 21.1 Å². The number of cyclic esters (lactones) is 2. The minimum Gasteiger partial charge on any atom is -0.419 e. The van der Waals surface area contributed by atoms with E-state index in [1.807, 2.05) is 19.9 Å². The summed E-state index contributed by atoms with van der Waals surface area (Å²) in [5, 5.41) is 0.639. The van der Waals surface area contributed by atoms with Crippen molar-refractivity contribution in [1.82, 2.24) is 0 Å². The van der Waals surface area contributed by atoms with Crippen molar-refractivity contribution in [3.05, 3.63) is 39.4 Å². The third-order valence-electron chi connectivity index (χ3n) is 2.96. The summed E-state index contributed by atoms with van der Waals surface area (Å²) in [6, 6.07) is 3.59. The molecular formula is C15H15ClO4. The van der Waals surface area contributed by atoms with Gasteiger partial charge in [0.15, 0.2) is 0 Å². The van der Waals surface area contributed by atoms with E-state index < -0.39 is 17.7 Å². The van der Waals surface area contributed by atoms with E-state index in [9.17, 15) is 9.59 Å². The van der Waals surface area contributed by atoms with Crippen LogP contribution < -0.4 is 0 Å². The highest BCUT2D eigenvalue weighted by atomic mass is 35.5. The summed E-state index contributed by atoms with van der Waals surface area (Å²) in [6.45, 7) is 6.72. The largest absolute Gasteiger partial charge is 0.419 e. The molecule has 0 radical (unpaired) electrons. The van der Waals surface area contributed by atoms with Gasteiger partial charge in [-0.15, -0.1) is 0 Å². The van der Waals surface area contributed by atoms with Gasteiger partial charge in [-0.05, 0) is 42.7 Å². The SMILES string of the molecule is Cc1cc(C=C2C(=O)OC(C)(C)OC2=O)c(C)cc1Cl. The molecular weight excluding hydrogens is 280 g/mol. The van der Waals surface area contributed by atoms with Gasteiger partial charge in [0.25, 0.3) is 5.79 Å². The molecule has 20 heavy (non-hydrogen) atoms. The minimum absolute atomic E-state index is 0.117. The lowest BCUT2D eigenvalue weighted by Gasteiger charge is -2.29. The fraction of sp³-hybridized carbons (Fsp3) is 0.333. The van der Waals surface area contributed by atoms with Crippen molar-refractivity contribution >= 4 is 29.6 Å². The van der Waals surface area contributed by atoms with Gasteiger partial charge in [-0.3, -0.25) is 0 Å². The molecule has 1 fully saturated rings. The monoisotopic (exact) mass is 294 g/mol. The third-order valence-corrected chi connectivity index (χ3v) is 3.37. The first kappa shape index (κ1) is 14.6. The quantitative estimate of drug-likeness (QED) is 0.453. The van der Waals surface area contributed by atoms with Crippen LogP contribution in [0.3, 0.4) is 0 Å². The number of halogens is 1. The molecule has 1 aromatic rings. The van der Waals surface area contributed by atoms with Gasteiger partial charge in [-0.2, -0.15) is 0 Å². The van der Waals surface area contributed by atoms with Crippen LogP contribution in [-0.4, -0.2) is 17.7 Å². The molecule has 0 spiro atoms. The number of hydrogen-bond acceptors (Lipinski definition) is 4.